The third-order valence-electron chi connectivity index (χ3n) is 3.49. The number of hydrogen-bond donors (Lipinski definition) is 2. The van der Waals surface area contributed by atoms with Crippen molar-refractivity contribution in [1.29, 1.82) is 0 Å². The molecule has 0 unspecified atom stereocenters. The second kappa shape index (κ2) is 9.01. The Labute approximate surface area is 162 Å². The van der Waals surface area contributed by atoms with Gasteiger partial charge in [-0.15, -0.1) is 0 Å². The fraction of sp³-hybridized carbons (Fsp3) is 0.368. The van der Waals surface area contributed by atoms with E-state index >= 15 is 0 Å². The van der Waals surface area contributed by atoms with Crippen LogP contribution in [-0.4, -0.2) is 72.3 Å². The van der Waals surface area contributed by atoms with Crippen LogP contribution in [0.2, 0.25) is 0 Å². The summed E-state index contributed by atoms with van der Waals surface area (Å²) in [6.45, 7) is 0.461. The Morgan fingerprint density at radius 1 is 1.25 bits per heavy atom. The maximum absolute atomic E-state index is 12.4. The van der Waals surface area contributed by atoms with Crippen LogP contribution in [0, 0.1) is 11.8 Å². The van der Waals surface area contributed by atoms with Gasteiger partial charge in [0.25, 0.3) is 5.91 Å². The number of carbonyl (C=O) groups is 2. The molecule has 148 valence electrons. The molecule has 0 saturated heterocycles. The molecular formula is C19H23N4O5+. The predicted octanol–water partition coefficient (Wildman–Crippen LogP) is 0.757. The number of nitrogens with zero attached hydrogens (tertiary/aromatic N) is 3. The summed E-state index contributed by atoms with van der Waals surface area (Å²) in [7, 11) is 7.23. The van der Waals surface area contributed by atoms with E-state index < -0.39 is 17.9 Å². The average molecular weight is 387 g/mol. The number of furan rings is 1. The minimum absolute atomic E-state index is 0.0621. The van der Waals surface area contributed by atoms with Gasteiger partial charge in [-0.05, 0) is 18.1 Å². The van der Waals surface area contributed by atoms with Gasteiger partial charge in [0.1, 0.15) is 0 Å². The minimum Gasteiger partial charge on any atom is -0.481 e. The van der Waals surface area contributed by atoms with Crippen molar-refractivity contribution in [2.45, 2.75) is 12.5 Å². The molecule has 2 rings (SSSR count). The first-order valence-electron chi connectivity index (χ1n) is 8.47. The van der Waals surface area contributed by atoms with Crippen LogP contribution in [0.25, 0.3) is 0 Å². The number of amides is 1. The number of nitrogens with one attached hydrogen (secondary N) is 1. The Morgan fingerprint density at radius 3 is 2.50 bits per heavy atom. The lowest BCUT2D eigenvalue weighted by atomic mass is 10.2. The van der Waals surface area contributed by atoms with Crippen molar-refractivity contribution >= 4 is 11.9 Å². The number of carboxylic acids is 1. The van der Waals surface area contributed by atoms with E-state index in [0.29, 0.717) is 22.4 Å². The van der Waals surface area contributed by atoms with Gasteiger partial charge in [-0.3, -0.25) is 9.59 Å². The van der Waals surface area contributed by atoms with Crippen LogP contribution in [0.15, 0.2) is 28.9 Å². The van der Waals surface area contributed by atoms with E-state index in [2.05, 4.69) is 27.1 Å². The standard InChI is InChI=1S/C19H22N4O5/c1-23(2,3)12-14(9-17(24)25)22-18(26)16-8-7-15(28-16)6-5-13-10-20-19(27-4)21-11-13/h7-8,10-11,14H,9,12H2,1-4H3,(H-,22,24,25,26)/p+1/t14-/m1/s1. The predicted molar refractivity (Wildman–Crippen MR) is 99.7 cm³/mol. The van der Waals surface area contributed by atoms with Crippen molar-refractivity contribution in [3.05, 3.63) is 41.6 Å². The van der Waals surface area contributed by atoms with Crippen LogP contribution in [0.5, 0.6) is 6.01 Å². The van der Waals surface area contributed by atoms with E-state index in [0.717, 1.165) is 0 Å². The topological polar surface area (TPSA) is 115 Å². The summed E-state index contributed by atoms with van der Waals surface area (Å²) in [4.78, 5) is 31.4. The van der Waals surface area contributed by atoms with Crippen molar-refractivity contribution in [1.82, 2.24) is 15.3 Å². The van der Waals surface area contributed by atoms with Crippen molar-refractivity contribution < 1.29 is 28.3 Å². The molecule has 2 aromatic heterocycles. The summed E-state index contributed by atoms with van der Waals surface area (Å²) < 4.78 is 10.8. The van der Waals surface area contributed by atoms with Gasteiger partial charge in [-0.2, -0.15) is 0 Å². The number of rotatable bonds is 7. The van der Waals surface area contributed by atoms with E-state index in [1.807, 2.05) is 21.1 Å². The van der Waals surface area contributed by atoms with Crippen LogP contribution in [0.4, 0.5) is 0 Å². The molecule has 0 radical (unpaired) electrons. The first-order valence-corrected chi connectivity index (χ1v) is 8.47. The van der Waals surface area contributed by atoms with Crippen molar-refractivity contribution in [2.75, 3.05) is 34.8 Å². The molecule has 0 aromatic carbocycles. The quantitative estimate of drug-likeness (QED) is 0.532. The molecule has 9 heteroatoms. The SMILES string of the molecule is COc1ncc(C#Cc2ccc(C(=O)N[C@H](CC(=O)O)C[N+](C)(C)C)o2)cn1. The maximum atomic E-state index is 12.4. The minimum atomic E-state index is -0.980. The van der Waals surface area contributed by atoms with E-state index in [-0.39, 0.29) is 18.2 Å². The zero-order valence-corrected chi connectivity index (χ0v) is 16.2. The fourth-order valence-electron chi connectivity index (χ4n) is 2.44. The molecule has 0 aliphatic heterocycles. The molecule has 28 heavy (non-hydrogen) atoms. The Kier molecular flexibility index (Phi) is 6.74. The van der Waals surface area contributed by atoms with Gasteiger partial charge in [-0.25, -0.2) is 9.97 Å². The average Bonchev–Trinajstić information content (AvgIpc) is 3.07. The monoisotopic (exact) mass is 387 g/mol. The van der Waals surface area contributed by atoms with E-state index in [9.17, 15) is 9.59 Å². The van der Waals surface area contributed by atoms with Gasteiger partial charge < -0.3 is 24.1 Å². The number of hydrogen-bond acceptors (Lipinski definition) is 6. The third-order valence-corrected chi connectivity index (χ3v) is 3.49. The van der Waals surface area contributed by atoms with Gasteiger partial charge in [0.2, 0.25) is 0 Å². The number of aromatic nitrogens is 2. The molecule has 1 amide bonds. The van der Waals surface area contributed by atoms with Gasteiger partial charge in [-0.1, -0.05) is 5.92 Å². The molecule has 2 N–H and O–H groups in total. The molecular weight excluding hydrogens is 364 g/mol. The molecule has 1 atom stereocenters. The van der Waals surface area contributed by atoms with Crippen molar-refractivity contribution in [3.8, 4) is 17.9 Å². The highest BCUT2D eigenvalue weighted by Gasteiger charge is 2.24. The number of quaternary nitrogens is 1. The third kappa shape index (κ3) is 6.74. The maximum Gasteiger partial charge on any atom is 0.316 e. The highest BCUT2D eigenvalue weighted by Crippen LogP contribution is 2.09. The number of carbonyl (C=O) groups excluding carboxylic acids is 1. The number of likely N-dealkylation sites (N-methyl/N-ethyl adjacent to an activating group) is 1. The Balaban J connectivity index is 2.06. The van der Waals surface area contributed by atoms with E-state index in [4.69, 9.17) is 14.3 Å². The fourth-order valence-corrected chi connectivity index (χ4v) is 2.44. The Morgan fingerprint density at radius 2 is 1.93 bits per heavy atom. The van der Waals surface area contributed by atoms with Crippen LogP contribution >= 0.6 is 0 Å². The van der Waals surface area contributed by atoms with Gasteiger partial charge in [0.05, 0.1) is 52.8 Å². The lowest BCUT2D eigenvalue weighted by Gasteiger charge is -2.28. The molecule has 9 nitrogen and oxygen atoms in total. The number of carboxylic acid groups (broad SMARTS) is 1. The molecule has 0 spiro atoms. The molecule has 2 aromatic rings. The summed E-state index contributed by atoms with van der Waals surface area (Å²) >= 11 is 0. The van der Waals surface area contributed by atoms with E-state index in [1.54, 1.807) is 6.07 Å². The Bertz CT molecular complexity index is 888. The molecule has 0 saturated carbocycles. The first kappa shape index (κ1) is 20.9. The molecule has 0 bridgehead atoms. The van der Waals surface area contributed by atoms with Crippen molar-refractivity contribution in [2.24, 2.45) is 0 Å². The zero-order valence-electron chi connectivity index (χ0n) is 16.2. The van der Waals surface area contributed by atoms with Gasteiger partial charge >= 0.3 is 12.0 Å². The summed E-state index contributed by atoms with van der Waals surface area (Å²) in [6, 6.07) is 2.78. The van der Waals surface area contributed by atoms with Gasteiger partial charge in [0, 0.05) is 12.4 Å². The summed E-state index contributed by atoms with van der Waals surface area (Å²) in [5.41, 5.74) is 0.563. The summed E-state index contributed by atoms with van der Waals surface area (Å²) in [5.74, 6) is 4.50. The number of aliphatic carboxylic acids is 1. The normalized spacial score (nSPS) is 11.9. The van der Waals surface area contributed by atoms with Crippen LogP contribution in [-0.2, 0) is 4.79 Å². The summed E-state index contributed by atoms with van der Waals surface area (Å²) in [6.07, 6.45) is 2.85. The molecule has 2 heterocycles. The summed E-state index contributed by atoms with van der Waals surface area (Å²) in [5, 5.41) is 11.8. The second-order valence-corrected chi connectivity index (χ2v) is 7.11. The highest BCUT2D eigenvalue weighted by atomic mass is 16.5. The smallest absolute Gasteiger partial charge is 0.316 e. The molecule has 0 aliphatic carbocycles. The van der Waals surface area contributed by atoms with Crippen LogP contribution in [0.1, 0.15) is 28.3 Å². The lowest BCUT2D eigenvalue weighted by molar-refractivity contribution is -0.871. The number of ether oxygens (including phenoxy) is 1. The largest absolute Gasteiger partial charge is 0.481 e. The second-order valence-electron chi connectivity index (χ2n) is 7.11. The zero-order chi connectivity index (χ0) is 20.7. The van der Waals surface area contributed by atoms with Gasteiger partial charge in [0.15, 0.2) is 11.5 Å². The highest BCUT2D eigenvalue weighted by molar-refractivity contribution is 5.92. The van der Waals surface area contributed by atoms with Crippen molar-refractivity contribution in [3.63, 3.8) is 0 Å². The molecule has 0 aliphatic rings. The van der Waals surface area contributed by atoms with Crippen LogP contribution in [0.3, 0.4) is 0 Å². The first-order chi connectivity index (χ1) is 13.2. The lowest BCUT2D eigenvalue weighted by Crippen LogP contribution is -2.49. The molecule has 0 fully saturated rings. The van der Waals surface area contributed by atoms with Crippen LogP contribution < -0.4 is 10.1 Å². The number of methoxy groups -OCH3 is 1. The Hall–Kier alpha value is -3.38. The van der Waals surface area contributed by atoms with E-state index in [1.165, 1.54) is 25.6 Å².